The molecule has 0 aromatic heterocycles. The number of piperazine rings is 1. The summed E-state index contributed by atoms with van der Waals surface area (Å²) in [5, 5.41) is 3.35. The maximum atomic E-state index is 13.0. The smallest absolute Gasteiger partial charge is 0.227 e. The van der Waals surface area contributed by atoms with Crippen molar-refractivity contribution in [1.82, 2.24) is 15.1 Å². The summed E-state index contributed by atoms with van der Waals surface area (Å²) in [7, 11) is 0. The van der Waals surface area contributed by atoms with Crippen LogP contribution in [0.5, 0.6) is 0 Å². The van der Waals surface area contributed by atoms with Gasteiger partial charge in [-0.2, -0.15) is 0 Å². The Morgan fingerprint density at radius 1 is 1.07 bits per heavy atom. The Morgan fingerprint density at radius 2 is 1.81 bits per heavy atom. The molecule has 1 N–H and O–H groups in total. The lowest BCUT2D eigenvalue weighted by Crippen LogP contribution is -2.64. The fourth-order valence-electron chi connectivity index (χ4n) is 5.06. The number of benzene rings is 1. The van der Waals surface area contributed by atoms with Crippen molar-refractivity contribution in [1.29, 1.82) is 0 Å². The van der Waals surface area contributed by atoms with Crippen molar-refractivity contribution < 1.29 is 4.79 Å². The largest absolute Gasteiger partial charge is 0.339 e. The first kappa shape index (κ1) is 22.5. The molecule has 3 fully saturated rings. The second-order valence-electron chi connectivity index (χ2n) is 8.14. The lowest BCUT2D eigenvalue weighted by molar-refractivity contribution is -0.142. The molecule has 2 aliphatic heterocycles. The molecule has 4 rings (SSSR count). The fraction of sp³-hybridized carbons (Fsp3) is 0.667. The first-order chi connectivity index (χ1) is 12.3. The van der Waals surface area contributed by atoms with Gasteiger partial charge < -0.3 is 10.2 Å². The molecule has 1 atom stereocenters. The van der Waals surface area contributed by atoms with Crippen LogP contribution in [0.2, 0.25) is 0 Å². The Labute approximate surface area is 175 Å². The van der Waals surface area contributed by atoms with E-state index in [-0.39, 0.29) is 36.3 Å². The average molecular weight is 414 g/mol. The minimum atomic E-state index is 0. The molecule has 0 radical (unpaired) electrons. The minimum Gasteiger partial charge on any atom is -0.339 e. The summed E-state index contributed by atoms with van der Waals surface area (Å²) in [6.45, 7) is 5.74. The summed E-state index contributed by atoms with van der Waals surface area (Å²) in [6, 6.07) is 10.8. The van der Waals surface area contributed by atoms with Crippen molar-refractivity contribution in [3.8, 4) is 0 Å². The van der Waals surface area contributed by atoms with Crippen molar-refractivity contribution in [2.75, 3.05) is 32.7 Å². The van der Waals surface area contributed by atoms with Crippen LogP contribution in [0.4, 0.5) is 0 Å². The predicted octanol–water partition coefficient (Wildman–Crippen LogP) is 3.49. The van der Waals surface area contributed by atoms with Gasteiger partial charge in [-0.25, -0.2) is 0 Å². The van der Waals surface area contributed by atoms with E-state index >= 15 is 0 Å². The third kappa shape index (κ3) is 4.97. The molecule has 1 aromatic rings. The van der Waals surface area contributed by atoms with Gasteiger partial charge in [-0.3, -0.25) is 9.69 Å². The number of halogens is 2. The highest BCUT2D eigenvalue weighted by Gasteiger charge is 2.44. The van der Waals surface area contributed by atoms with Crippen molar-refractivity contribution in [2.24, 2.45) is 5.92 Å². The standard InChI is InChI=1S/C21H31N3O.2ClH/c25-20(19-9-12-22-15-19)23-13-14-24(16-18-7-3-1-4-8-18)21(17-23)10-5-2-6-11-21;;/h1,3-4,7-8,19,22H,2,5-6,9-17H2;2*1H. The van der Waals surface area contributed by atoms with Gasteiger partial charge in [-0.15, -0.1) is 24.8 Å². The average Bonchev–Trinajstić information content (AvgIpc) is 3.19. The highest BCUT2D eigenvalue weighted by atomic mass is 35.5. The van der Waals surface area contributed by atoms with E-state index in [4.69, 9.17) is 0 Å². The summed E-state index contributed by atoms with van der Waals surface area (Å²) in [6.07, 6.45) is 7.45. The van der Waals surface area contributed by atoms with Gasteiger partial charge in [0.05, 0.1) is 5.92 Å². The molecule has 4 nitrogen and oxygen atoms in total. The van der Waals surface area contributed by atoms with Crippen LogP contribution in [-0.4, -0.2) is 54.0 Å². The molecule has 6 heteroatoms. The van der Waals surface area contributed by atoms with Gasteiger partial charge in [-0.1, -0.05) is 49.6 Å². The number of carbonyl (C=O) groups is 1. The maximum absolute atomic E-state index is 13.0. The topological polar surface area (TPSA) is 35.6 Å². The molecule has 2 saturated heterocycles. The zero-order chi connectivity index (χ0) is 17.1. The van der Waals surface area contributed by atoms with E-state index in [2.05, 4.69) is 45.4 Å². The third-order valence-corrected chi connectivity index (χ3v) is 6.52. The Hall–Kier alpha value is -0.810. The highest BCUT2D eigenvalue weighted by Crippen LogP contribution is 2.38. The third-order valence-electron chi connectivity index (χ3n) is 6.52. The lowest BCUT2D eigenvalue weighted by atomic mass is 9.78. The van der Waals surface area contributed by atoms with Crippen LogP contribution in [-0.2, 0) is 11.3 Å². The number of nitrogens with zero attached hydrogens (tertiary/aromatic N) is 2. The fourth-order valence-corrected chi connectivity index (χ4v) is 5.06. The summed E-state index contributed by atoms with van der Waals surface area (Å²) in [4.78, 5) is 17.9. The first-order valence-corrected chi connectivity index (χ1v) is 10.1. The molecule has 27 heavy (non-hydrogen) atoms. The molecule has 1 aliphatic carbocycles. The highest BCUT2D eigenvalue weighted by molar-refractivity contribution is 5.85. The van der Waals surface area contributed by atoms with Crippen molar-refractivity contribution >= 4 is 30.7 Å². The molecule has 1 amide bonds. The molecule has 1 unspecified atom stereocenters. The van der Waals surface area contributed by atoms with Gasteiger partial charge in [0.15, 0.2) is 0 Å². The Bertz CT molecular complexity index is 586. The molecule has 3 aliphatic rings. The van der Waals surface area contributed by atoms with Crippen LogP contribution in [0, 0.1) is 5.92 Å². The molecule has 152 valence electrons. The van der Waals surface area contributed by atoms with E-state index in [1.54, 1.807) is 0 Å². The van der Waals surface area contributed by atoms with Crippen LogP contribution in [0.3, 0.4) is 0 Å². The van der Waals surface area contributed by atoms with Gasteiger partial charge in [0.2, 0.25) is 5.91 Å². The number of rotatable bonds is 3. The van der Waals surface area contributed by atoms with E-state index in [1.807, 2.05) is 0 Å². The van der Waals surface area contributed by atoms with Gasteiger partial charge in [0.1, 0.15) is 0 Å². The van der Waals surface area contributed by atoms with Crippen LogP contribution < -0.4 is 5.32 Å². The monoisotopic (exact) mass is 413 g/mol. The number of nitrogens with one attached hydrogen (secondary N) is 1. The Balaban J connectivity index is 0.00000131. The quantitative estimate of drug-likeness (QED) is 0.823. The van der Waals surface area contributed by atoms with E-state index < -0.39 is 0 Å². The molecule has 2 heterocycles. The second-order valence-corrected chi connectivity index (χ2v) is 8.14. The van der Waals surface area contributed by atoms with Crippen LogP contribution in [0.1, 0.15) is 44.1 Å². The number of hydrogen-bond acceptors (Lipinski definition) is 3. The first-order valence-electron chi connectivity index (χ1n) is 10.1. The normalized spacial score (nSPS) is 24.9. The summed E-state index contributed by atoms with van der Waals surface area (Å²) in [5.41, 5.74) is 1.60. The zero-order valence-corrected chi connectivity index (χ0v) is 17.7. The molecule has 1 aromatic carbocycles. The lowest BCUT2D eigenvalue weighted by Gasteiger charge is -2.53. The van der Waals surface area contributed by atoms with E-state index in [0.717, 1.165) is 45.7 Å². The van der Waals surface area contributed by atoms with Crippen molar-refractivity contribution in [2.45, 2.75) is 50.6 Å². The van der Waals surface area contributed by atoms with Gasteiger partial charge in [-0.05, 0) is 31.4 Å². The maximum Gasteiger partial charge on any atom is 0.227 e. The number of amides is 1. The summed E-state index contributed by atoms with van der Waals surface area (Å²) >= 11 is 0. The predicted molar refractivity (Wildman–Crippen MR) is 115 cm³/mol. The zero-order valence-electron chi connectivity index (χ0n) is 16.1. The summed E-state index contributed by atoms with van der Waals surface area (Å²) < 4.78 is 0. The van der Waals surface area contributed by atoms with Gasteiger partial charge in [0, 0.05) is 38.3 Å². The Morgan fingerprint density at radius 3 is 2.48 bits per heavy atom. The van der Waals surface area contributed by atoms with E-state index in [1.165, 1.54) is 37.7 Å². The second kappa shape index (κ2) is 10.1. The molecule has 1 spiro atoms. The number of hydrogen-bond donors (Lipinski definition) is 1. The van der Waals surface area contributed by atoms with Gasteiger partial charge >= 0.3 is 0 Å². The molecular weight excluding hydrogens is 381 g/mol. The minimum absolute atomic E-state index is 0. The van der Waals surface area contributed by atoms with Crippen LogP contribution >= 0.6 is 24.8 Å². The SMILES string of the molecule is Cl.Cl.O=C(C1CCNC1)N1CCN(Cc2ccccc2)C2(CCCCC2)C1. The van der Waals surface area contributed by atoms with Crippen molar-refractivity contribution in [3.05, 3.63) is 35.9 Å². The van der Waals surface area contributed by atoms with Crippen LogP contribution in [0.25, 0.3) is 0 Å². The Kier molecular flexibility index (Phi) is 8.41. The molecular formula is C21H33Cl2N3O. The molecule has 0 bridgehead atoms. The number of carbonyl (C=O) groups excluding carboxylic acids is 1. The van der Waals surface area contributed by atoms with E-state index in [0.29, 0.717) is 5.91 Å². The molecule has 1 saturated carbocycles. The summed E-state index contributed by atoms with van der Waals surface area (Å²) in [5.74, 6) is 0.607. The van der Waals surface area contributed by atoms with Crippen LogP contribution in [0.15, 0.2) is 30.3 Å². The van der Waals surface area contributed by atoms with Gasteiger partial charge in [0.25, 0.3) is 0 Å². The van der Waals surface area contributed by atoms with Crippen molar-refractivity contribution in [3.63, 3.8) is 0 Å². The van der Waals surface area contributed by atoms with E-state index in [9.17, 15) is 4.79 Å².